The molecule has 20 heavy (non-hydrogen) atoms. The van der Waals surface area contributed by atoms with Crippen LogP contribution in [-0.2, 0) is 0 Å². The van der Waals surface area contributed by atoms with Gasteiger partial charge in [0.15, 0.2) is 0 Å². The van der Waals surface area contributed by atoms with E-state index in [1.807, 2.05) is 26.0 Å². The first-order valence-electron chi connectivity index (χ1n) is 6.17. The Labute approximate surface area is 122 Å². The van der Waals surface area contributed by atoms with Crippen LogP contribution in [0.4, 0.5) is 0 Å². The van der Waals surface area contributed by atoms with Gasteiger partial charge in [0.1, 0.15) is 5.75 Å². The van der Waals surface area contributed by atoms with Crippen molar-refractivity contribution < 1.29 is 14.6 Å². The molecule has 104 valence electrons. The maximum atomic E-state index is 11.3. The van der Waals surface area contributed by atoms with Crippen LogP contribution in [-0.4, -0.2) is 18.2 Å². The Balaban J connectivity index is 2.45. The zero-order chi connectivity index (χ0) is 14.7. The number of carboxylic acids is 1. The molecule has 4 heteroatoms. The molecule has 0 heterocycles. The number of aromatic carboxylic acids is 1. The van der Waals surface area contributed by atoms with Gasteiger partial charge in [-0.25, -0.2) is 4.79 Å². The Bertz CT molecular complexity index is 650. The second-order valence-electron chi connectivity index (χ2n) is 4.54. The number of carbonyl (C=O) groups is 1. The Kier molecular flexibility index (Phi) is 4.35. The second-order valence-corrected chi connectivity index (χ2v) is 5.62. The summed E-state index contributed by atoms with van der Waals surface area (Å²) in [7, 11) is 1.57. The van der Waals surface area contributed by atoms with Crippen molar-refractivity contribution in [1.82, 2.24) is 0 Å². The van der Waals surface area contributed by atoms with E-state index in [0.717, 1.165) is 16.0 Å². The van der Waals surface area contributed by atoms with Crippen LogP contribution in [0.3, 0.4) is 0 Å². The number of hydrogen-bond donors (Lipinski definition) is 1. The van der Waals surface area contributed by atoms with Gasteiger partial charge in [-0.3, -0.25) is 0 Å². The number of hydrogen-bond acceptors (Lipinski definition) is 3. The summed E-state index contributed by atoms with van der Waals surface area (Å²) in [6.07, 6.45) is 0. The molecule has 0 saturated heterocycles. The lowest BCUT2D eigenvalue weighted by atomic mass is 10.2. The first-order chi connectivity index (χ1) is 9.51. The summed E-state index contributed by atoms with van der Waals surface area (Å²) >= 11 is 1.45. The zero-order valence-electron chi connectivity index (χ0n) is 11.6. The topological polar surface area (TPSA) is 46.5 Å². The molecular weight excluding hydrogens is 272 g/mol. The number of aryl methyl sites for hydroxylation is 2. The normalized spacial score (nSPS) is 10.3. The molecule has 1 N–H and O–H groups in total. The van der Waals surface area contributed by atoms with Crippen LogP contribution in [0.25, 0.3) is 0 Å². The van der Waals surface area contributed by atoms with Crippen LogP contribution in [0.1, 0.15) is 21.5 Å². The first-order valence-corrected chi connectivity index (χ1v) is 6.99. The molecule has 0 aromatic heterocycles. The summed E-state index contributed by atoms with van der Waals surface area (Å²) in [4.78, 5) is 13.1. The van der Waals surface area contributed by atoms with Gasteiger partial charge in [0.25, 0.3) is 0 Å². The third kappa shape index (κ3) is 3.14. The summed E-state index contributed by atoms with van der Waals surface area (Å²) in [5.74, 6) is -0.275. The van der Waals surface area contributed by atoms with E-state index in [1.54, 1.807) is 25.3 Å². The second kappa shape index (κ2) is 6.01. The first kappa shape index (κ1) is 14.5. The van der Waals surface area contributed by atoms with Gasteiger partial charge >= 0.3 is 5.97 Å². The molecule has 0 aliphatic rings. The van der Waals surface area contributed by atoms with Crippen LogP contribution in [0.5, 0.6) is 5.75 Å². The van der Waals surface area contributed by atoms with Gasteiger partial charge in [0.2, 0.25) is 0 Å². The van der Waals surface area contributed by atoms with Gasteiger partial charge < -0.3 is 9.84 Å². The van der Waals surface area contributed by atoms with Crippen molar-refractivity contribution in [2.24, 2.45) is 0 Å². The number of methoxy groups -OCH3 is 1. The van der Waals surface area contributed by atoms with Gasteiger partial charge in [-0.05, 0) is 49.2 Å². The van der Waals surface area contributed by atoms with E-state index in [-0.39, 0.29) is 5.56 Å². The van der Waals surface area contributed by atoms with Crippen molar-refractivity contribution in [2.75, 3.05) is 7.11 Å². The molecule has 0 fully saturated rings. The maximum Gasteiger partial charge on any atom is 0.336 e. The Hall–Kier alpha value is -1.94. The molecule has 2 aromatic rings. The molecule has 0 saturated carbocycles. The Morgan fingerprint density at radius 2 is 1.85 bits per heavy atom. The van der Waals surface area contributed by atoms with Crippen molar-refractivity contribution in [3.05, 3.63) is 53.1 Å². The van der Waals surface area contributed by atoms with Crippen molar-refractivity contribution in [1.29, 1.82) is 0 Å². The predicted molar refractivity (Wildman–Crippen MR) is 80.0 cm³/mol. The maximum absolute atomic E-state index is 11.3. The fourth-order valence-corrected chi connectivity index (χ4v) is 2.98. The van der Waals surface area contributed by atoms with Gasteiger partial charge in [-0.15, -0.1) is 0 Å². The molecule has 0 aliphatic heterocycles. The third-order valence-electron chi connectivity index (χ3n) is 2.98. The Morgan fingerprint density at radius 3 is 2.50 bits per heavy atom. The molecule has 0 unspecified atom stereocenters. The van der Waals surface area contributed by atoms with Crippen LogP contribution >= 0.6 is 11.8 Å². The summed E-state index contributed by atoms with van der Waals surface area (Å²) in [6.45, 7) is 4.04. The molecule has 3 nitrogen and oxygen atoms in total. The van der Waals surface area contributed by atoms with E-state index < -0.39 is 5.97 Å². The fraction of sp³-hybridized carbons (Fsp3) is 0.188. The summed E-state index contributed by atoms with van der Waals surface area (Å²) < 4.78 is 5.17. The largest absolute Gasteiger partial charge is 0.497 e. The SMILES string of the molecule is COc1ccc(C(=O)O)c(Sc2cc(C)ccc2C)c1. The number of rotatable bonds is 4. The van der Waals surface area contributed by atoms with Crippen LogP contribution in [0.15, 0.2) is 46.2 Å². The van der Waals surface area contributed by atoms with Gasteiger partial charge in [-0.2, -0.15) is 0 Å². The molecular formula is C16H16O3S. The fourth-order valence-electron chi connectivity index (χ4n) is 1.83. The van der Waals surface area contributed by atoms with E-state index in [0.29, 0.717) is 10.6 Å². The van der Waals surface area contributed by atoms with E-state index in [4.69, 9.17) is 4.74 Å². The molecule has 0 bridgehead atoms. The van der Waals surface area contributed by atoms with Crippen LogP contribution in [0.2, 0.25) is 0 Å². The summed E-state index contributed by atoms with van der Waals surface area (Å²) in [5.41, 5.74) is 2.56. The number of carboxylic acid groups (broad SMARTS) is 1. The average Bonchev–Trinajstić information content (AvgIpc) is 2.42. The van der Waals surface area contributed by atoms with E-state index in [1.165, 1.54) is 11.8 Å². The molecule has 2 rings (SSSR count). The predicted octanol–water partition coefficient (Wildman–Crippen LogP) is 4.16. The molecule has 0 amide bonds. The van der Waals surface area contributed by atoms with Crippen molar-refractivity contribution in [2.45, 2.75) is 23.6 Å². The standard InChI is InChI=1S/C16H16O3S/c1-10-4-5-11(2)14(8-10)20-15-9-12(19-3)6-7-13(15)16(17)18/h4-9H,1-3H3,(H,17,18). The van der Waals surface area contributed by atoms with Gasteiger partial charge in [0.05, 0.1) is 12.7 Å². The minimum absolute atomic E-state index is 0.289. The molecule has 0 spiro atoms. The van der Waals surface area contributed by atoms with Gasteiger partial charge in [-0.1, -0.05) is 23.9 Å². The third-order valence-corrected chi connectivity index (χ3v) is 4.20. The highest BCUT2D eigenvalue weighted by Crippen LogP contribution is 2.35. The molecule has 0 aliphatic carbocycles. The van der Waals surface area contributed by atoms with Gasteiger partial charge in [0, 0.05) is 9.79 Å². The lowest BCUT2D eigenvalue weighted by Crippen LogP contribution is -1.99. The summed E-state index contributed by atoms with van der Waals surface area (Å²) in [5, 5.41) is 9.28. The average molecular weight is 288 g/mol. The lowest BCUT2D eigenvalue weighted by molar-refractivity contribution is 0.0693. The highest BCUT2D eigenvalue weighted by molar-refractivity contribution is 7.99. The smallest absolute Gasteiger partial charge is 0.336 e. The quantitative estimate of drug-likeness (QED) is 0.917. The molecule has 0 radical (unpaired) electrons. The summed E-state index contributed by atoms with van der Waals surface area (Å²) in [6, 6.07) is 11.1. The number of ether oxygens (including phenoxy) is 1. The van der Waals surface area contributed by atoms with E-state index in [2.05, 4.69) is 6.07 Å². The lowest BCUT2D eigenvalue weighted by Gasteiger charge is -2.10. The molecule has 2 aromatic carbocycles. The highest BCUT2D eigenvalue weighted by atomic mass is 32.2. The van der Waals surface area contributed by atoms with Crippen LogP contribution < -0.4 is 4.74 Å². The van der Waals surface area contributed by atoms with Crippen molar-refractivity contribution in [3.63, 3.8) is 0 Å². The monoisotopic (exact) mass is 288 g/mol. The highest BCUT2D eigenvalue weighted by Gasteiger charge is 2.13. The van der Waals surface area contributed by atoms with Crippen LogP contribution in [0, 0.1) is 13.8 Å². The van der Waals surface area contributed by atoms with E-state index in [9.17, 15) is 9.90 Å². The minimum atomic E-state index is -0.930. The molecule has 0 atom stereocenters. The van der Waals surface area contributed by atoms with E-state index >= 15 is 0 Å². The zero-order valence-corrected chi connectivity index (χ0v) is 12.5. The Morgan fingerprint density at radius 1 is 1.10 bits per heavy atom. The van der Waals surface area contributed by atoms with Crippen molar-refractivity contribution in [3.8, 4) is 5.75 Å². The van der Waals surface area contributed by atoms with Crippen molar-refractivity contribution >= 4 is 17.7 Å². The number of benzene rings is 2. The minimum Gasteiger partial charge on any atom is -0.497 e.